The van der Waals surface area contributed by atoms with Crippen molar-refractivity contribution in [1.29, 1.82) is 0 Å². The second kappa shape index (κ2) is 6.58. The first-order valence-electron chi connectivity index (χ1n) is 6.83. The lowest BCUT2D eigenvalue weighted by molar-refractivity contribution is -0.152. The molecular formula is C15H19NO5. The van der Waals surface area contributed by atoms with Crippen LogP contribution in [0.2, 0.25) is 0 Å². The largest absolute Gasteiger partial charge is 0.484 e. The van der Waals surface area contributed by atoms with Gasteiger partial charge in [0, 0.05) is 26.1 Å². The van der Waals surface area contributed by atoms with Gasteiger partial charge in [-0.25, -0.2) is 4.79 Å². The van der Waals surface area contributed by atoms with E-state index in [1.807, 2.05) is 25.1 Å². The number of amides is 1. The zero-order valence-corrected chi connectivity index (χ0v) is 11.9. The molecule has 2 rings (SSSR count). The van der Waals surface area contributed by atoms with Crippen LogP contribution in [0.15, 0.2) is 24.3 Å². The third-order valence-electron chi connectivity index (χ3n) is 3.49. The van der Waals surface area contributed by atoms with Gasteiger partial charge in [-0.1, -0.05) is 12.1 Å². The van der Waals surface area contributed by atoms with Gasteiger partial charge in [0.1, 0.15) is 11.3 Å². The van der Waals surface area contributed by atoms with Crippen LogP contribution in [-0.4, -0.2) is 42.3 Å². The summed E-state index contributed by atoms with van der Waals surface area (Å²) in [5.41, 5.74) is -0.218. The van der Waals surface area contributed by atoms with Crippen LogP contribution in [0.4, 0.5) is 0 Å². The van der Waals surface area contributed by atoms with Crippen LogP contribution >= 0.6 is 0 Å². The van der Waals surface area contributed by atoms with Crippen molar-refractivity contribution in [2.75, 3.05) is 19.8 Å². The summed E-state index contributed by atoms with van der Waals surface area (Å²) >= 11 is 0. The van der Waals surface area contributed by atoms with Gasteiger partial charge in [0.25, 0.3) is 5.91 Å². The molecule has 0 bridgehead atoms. The Morgan fingerprint density at radius 2 is 2.10 bits per heavy atom. The van der Waals surface area contributed by atoms with E-state index in [0.717, 1.165) is 5.56 Å². The number of rotatable bonds is 5. The Balaban J connectivity index is 1.92. The maximum atomic E-state index is 11.9. The van der Waals surface area contributed by atoms with Gasteiger partial charge in [0.05, 0.1) is 0 Å². The highest BCUT2D eigenvalue weighted by Gasteiger charge is 2.41. The lowest BCUT2D eigenvalue weighted by atomic mass is 9.90. The number of carbonyl (C=O) groups excluding carboxylic acids is 1. The minimum absolute atomic E-state index is 0.209. The Morgan fingerprint density at radius 3 is 2.71 bits per heavy atom. The Labute approximate surface area is 123 Å². The number of nitrogens with one attached hydrogen (secondary N) is 1. The quantitative estimate of drug-likeness (QED) is 0.850. The average molecular weight is 293 g/mol. The third kappa shape index (κ3) is 3.95. The number of ether oxygens (including phenoxy) is 2. The normalized spacial score (nSPS) is 17.0. The molecule has 1 aromatic rings. The molecule has 0 atom stereocenters. The van der Waals surface area contributed by atoms with Gasteiger partial charge in [-0.05, 0) is 24.6 Å². The number of aryl methyl sites for hydroxylation is 1. The van der Waals surface area contributed by atoms with Crippen molar-refractivity contribution in [3.8, 4) is 5.75 Å². The number of hydrogen-bond donors (Lipinski definition) is 2. The average Bonchev–Trinajstić information content (AvgIpc) is 2.46. The topological polar surface area (TPSA) is 84.9 Å². The van der Waals surface area contributed by atoms with Crippen LogP contribution in [-0.2, 0) is 14.3 Å². The molecule has 0 saturated carbocycles. The summed E-state index contributed by atoms with van der Waals surface area (Å²) in [5.74, 6) is -0.892. The summed E-state index contributed by atoms with van der Waals surface area (Å²) in [6.45, 7) is 2.37. The minimum atomic E-state index is -1.24. The fraction of sp³-hybridized carbons (Fsp3) is 0.467. The monoisotopic (exact) mass is 293 g/mol. The lowest BCUT2D eigenvalue weighted by Crippen LogP contribution is -2.58. The van der Waals surface area contributed by atoms with Gasteiger partial charge >= 0.3 is 5.97 Å². The maximum Gasteiger partial charge on any atom is 0.329 e. The molecule has 6 nitrogen and oxygen atoms in total. The summed E-state index contributed by atoms with van der Waals surface area (Å²) in [4.78, 5) is 23.4. The molecule has 0 unspecified atom stereocenters. The first-order chi connectivity index (χ1) is 10.0. The van der Waals surface area contributed by atoms with Crippen LogP contribution in [0.3, 0.4) is 0 Å². The molecule has 1 aliphatic heterocycles. The van der Waals surface area contributed by atoms with E-state index < -0.39 is 17.4 Å². The van der Waals surface area contributed by atoms with E-state index in [0.29, 0.717) is 19.0 Å². The molecule has 0 aromatic heterocycles. The Bertz CT molecular complexity index is 523. The molecule has 6 heteroatoms. The molecule has 0 spiro atoms. The third-order valence-corrected chi connectivity index (χ3v) is 3.49. The van der Waals surface area contributed by atoms with E-state index in [9.17, 15) is 14.7 Å². The number of carboxylic acid groups (broad SMARTS) is 1. The van der Waals surface area contributed by atoms with Gasteiger partial charge < -0.3 is 19.9 Å². The van der Waals surface area contributed by atoms with Crippen LogP contribution < -0.4 is 10.1 Å². The van der Waals surface area contributed by atoms with E-state index >= 15 is 0 Å². The van der Waals surface area contributed by atoms with Crippen LogP contribution in [0.5, 0.6) is 5.75 Å². The van der Waals surface area contributed by atoms with Gasteiger partial charge in [-0.15, -0.1) is 0 Å². The molecule has 0 aliphatic carbocycles. The molecule has 1 saturated heterocycles. The Kier molecular flexibility index (Phi) is 4.80. The van der Waals surface area contributed by atoms with E-state index in [1.54, 1.807) is 6.07 Å². The zero-order chi connectivity index (χ0) is 15.3. The van der Waals surface area contributed by atoms with Crippen molar-refractivity contribution in [2.24, 2.45) is 0 Å². The minimum Gasteiger partial charge on any atom is -0.484 e. The van der Waals surface area contributed by atoms with Crippen LogP contribution in [0, 0.1) is 6.92 Å². The summed E-state index contributed by atoms with van der Waals surface area (Å²) in [7, 11) is 0. The van der Waals surface area contributed by atoms with Crippen molar-refractivity contribution < 1.29 is 24.2 Å². The molecule has 114 valence electrons. The van der Waals surface area contributed by atoms with Gasteiger partial charge in [-0.3, -0.25) is 4.79 Å². The molecule has 1 aromatic carbocycles. The number of carbonyl (C=O) groups is 2. The molecule has 1 fully saturated rings. The smallest absolute Gasteiger partial charge is 0.329 e. The molecular weight excluding hydrogens is 274 g/mol. The number of hydrogen-bond acceptors (Lipinski definition) is 4. The predicted octanol–water partition coefficient (Wildman–Crippen LogP) is 1.12. The molecule has 1 aliphatic rings. The van der Waals surface area contributed by atoms with Crippen molar-refractivity contribution in [3.63, 3.8) is 0 Å². The zero-order valence-electron chi connectivity index (χ0n) is 11.9. The molecule has 1 heterocycles. The van der Waals surface area contributed by atoms with Crippen molar-refractivity contribution in [1.82, 2.24) is 5.32 Å². The van der Waals surface area contributed by atoms with Crippen molar-refractivity contribution in [3.05, 3.63) is 29.8 Å². The maximum absolute atomic E-state index is 11.9. The van der Waals surface area contributed by atoms with Gasteiger partial charge in [0.2, 0.25) is 0 Å². The lowest BCUT2D eigenvalue weighted by Gasteiger charge is -2.33. The number of carboxylic acids is 1. The summed E-state index contributed by atoms with van der Waals surface area (Å²) < 4.78 is 10.5. The highest BCUT2D eigenvalue weighted by molar-refractivity contribution is 5.87. The van der Waals surface area contributed by atoms with Crippen LogP contribution in [0.1, 0.15) is 18.4 Å². The fourth-order valence-corrected chi connectivity index (χ4v) is 2.27. The van der Waals surface area contributed by atoms with E-state index in [4.69, 9.17) is 9.47 Å². The summed E-state index contributed by atoms with van der Waals surface area (Å²) in [6, 6.07) is 7.32. The summed E-state index contributed by atoms with van der Waals surface area (Å²) in [6.07, 6.45) is 0.525. The fourth-order valence-electron chi connectivity index (χ4n) is 2.27. The van der Waals surface area contributed by atoms with Crippen molar-refractivity contribution in [2.45, 2.75) is 25.3 Å². The highest BCUT2D eigenvalue weighted by Crippen LogP contribution is 2.21. The Hall–Kier alpha value is -2.08. The standard InChI is InChI=1S/C15H19NO5/c1-11-3-2-4-12(9-11)21-10-13(17)16-15(14(18)19)5-7-20-8-6-15/h2-4,9H,5-8,10H2,1H3,(H,16,17)(H,18,19). The van der Waals surface area contributed by atoms with Gasteiger partial charge in [0.15, 0.2) is 6.61 Å². The highest BCUT2D eigenvalue weighted by atomic mass is 16.5. The second-order valence-electron chi connectivity index (χ2n) is 5.15. The van der Waals surface area contributed by atoms with Crippen LogP contribution in [0.25, 0.3) is 0 Å². The van der Waals surface area contributed by atoms with Crippen molar-refractivity contribution >= 4 is 11.9 Å². The van der Waals surface area contributed by atoms with E-state index in [-0.39, 0.29) is 19.4 Å². The van der Waals surface area contributed by atoms with E-state index in [1.165, 1.54) is 0 Å². The molecule has 2 N–H and O–H groups in total. The molecule has 0 radical (unpaired) electrons. The predicted molar refractivity (Wildman–Crippen MR) is 75.2 cm³/mol. The number of aliphatic carboxylic acids is 1. The first-order valence-corrected chi connectivity index (χ1v) is 6.83. The van der Waals surface area contributed by atoms with Gasteiger partial charge in [-0.2, -0.15) is 0 Å². The molecule has 21 heavy (non-hydrogen) atoms. The number of benzene rings is 1. The Morgan fingerprint density at radius 1 is 1.38 bits per heavy atom. The van der Waals surface area contributed by atoms with E-state index in [2.05, 4.69) is 5.32 Å². The first kappa shape index (κ1) is 15.3. The summed E-state index contributed by atoms with van der Waals surface area (Å²) in [5, 5.41) is 11.9. The SMILES string of the molecule is Cc1cccc(OCC(=O)NC2(C(=O)O)CCOCC2)c1. The second-order valence-corrected chi connectivity index (χ2v) is 5.15. The molecule has 1 amide bonds.